The first-order chi connectivity index (χ1) is 9.22. The number of rotatable bonds is 3. The molecule has 2 aromatic carbocycles. The number of ether oxygens (including phenoxy) is 2. The van der Waals surface area contributed by atoms with E-state index in [0.717, 1.165) is 23.3 Å². The molecule has 0 fully saturated rings. The number of aromatic hydroxyl groups is 1. The summed E-state index contributed by atoms with van der Waals surface area (Å²) >= 11 is 6.08. The maximum atomic E-state index is 9.38. The Labute approximate surface area is 116 Å². The highest BCUT2D eigenvalue weighted by Gasteiger charge is 2.17. The summed E-state index contributed by atoms with van der Waals surface area (Å²) in [5, 5.41) is 10.1. The lowest BCUT2D eigenvalue weighted by atomic mass is 10.1. The molecule has 0 radical (unpaired) electrons. The number of hydrogen-bond donors (Lipinski definition) is 1. The van der Waals surface area contributed by atoms with Crippen LogP contribution in [0, 0.1) is 0 Å². The highest BCUT2D eigenvalue weighted by molar-refractivity contribution is 6.30. The number of phenols is 1. The summed E-state index contributed by atoms with van der Waals surface area (Å²) in [6, 6.07) is 10.5. The third kappa shape index (κ3) is 2.61. The minimum atomic E-state index is 0.185. The van der Waals surface area contributed by atoms with Gasteiger partial charge in [0.05, 0.1) is 6.61 Å². The zero-order valence-electron chi connectivity index (χ0n) is 10.2. The van der Waals surface area contributed by atoms with E-state index >= 15 is 0 Å². The molecule has 4 heteroatoms. The minimum absolute atomic E-state index is 0.185. The van der Waals surface area contributed by atoms with Crippen LogP contribution in [-0.4, -0.2) is 11.7 Å². The van der Waals surface area contributed by atoms with Crippen LogP contribution in [0.1, 0.15) is 11.1 Å². The Morgan fingerprint density at radius 1 is 1.26 bits per heavy atom. The van der Waals surface area contributed by atoms with E-state index in [-0.39, 0.29) is 5.75 Å². The molecule has 1 aliphatic heterocycles. The monoisotopic (exact) mass is 276 g/mol. The molecular formula is C15H13ClO3. The summed E-state index contributed by atoms with van der Waals surface area (Å²) in [7, 11) is 0. The van der Waals surface area contributed by atoms with Gasteiger partial charge in [-0.15, -0.1) is 0 Å². The van der Waals surface area contributed by atoms with Crippen LogP contribution in [0.25, 0.3) is 0 Å². The first kappa shape index (κ1) is 12.2. The van der Waals surface area contributed by atoms with Gasteiger partial charge in [-0.1, -0.05) is 17.7 Å². The molecule has 1 aliphatic rings. The summed E-state index contributed by atoms with van der Waals surface area (Å²) in [4.78, 5) is 0. The molecule has 3 rings (SSSR count). The quantitative estimate of drug-likeness (QED) is 0.932. The lowest BCUT2D eigenvalue weighted by molar-refractivity contribution is 0.290. The Kier molecular flexibility index (Phi) is 3.22. The van der Waals surface area contributed by atoms with Crippen LogP contribution in [-0.2, 0) is 13.0 Å². The standard InChI is InChI=1S/C15H13ClO3/c16-12-6-10-4-5-18-15(10)11(7-12)9-19-14-3-1-2-13(17)8-14/h1-3,6-8,17H,4-5,9H2. The zero-order valence-corrected chi connectivity index (χ0v) is 11.0. The van der Waals surface area contributed by atoms with Gasteiger partial charge in [0.1, 0.15) is 23.9 Å². The molecule has 0 saturated heterocycles. The van der Waals surface area contributed by atoms with Crippen molar-refractivity contribution < 1.29 is 14.6 Å². The second kappa shape index (κ2) is 5.02. The van der Waals surface area contributed by atoms with Gasteiger partial charge in [-0.2, -0.15) is 0 Å². The van der Waals surface area contributed by atoms with Crippen LogP contribution in [0.5, 0.6) is 17.2 Å². The van der Waals surface area contributed by atoms with Crippen LogP contribution in [0.15, 0.2) is 36.4 Å². The average molecular weight is 277 g/mol. The second-order valence-electron chi connectivity index (χ2n) is 4.44. The number of fused-ring (bicyclic) bond motifs is 1. The fraction of sp³-hybridized carbons (Fsp3) is 0.200. The van der Waals surface area contributed by atoms with Gasteiger partial charge in [-0.25, -0.2) is 0 Å². The Bertz CT molecular complexity index is 610. The molecule has 2 aromatic rings. The van der Waals surface area contributed by atoms with Crippen molar-refractivity contribution in [3.05, 3.63) is 52.5 Å². The maximum Gasteiger partial charge on any atom is 0.129 e. The first-order valence-corrected chi connectivity index (χ1v) is 6.46. The smallest absolute Gasteiger partial charge is 0.129 e. The summed E-state index contributed by atoms with van der Waals surface area (Å²) in [5.41, 5.74) is 2.06. The molecule has 1 heterocycles. The van der Waals surface area contributed by atoms with E-state index in [2.05, 4.69) is 0 Å². The highest BCUT2D eigenvalue weighted by atomic mass is 35.5. The molecule has 1 N–H and O–H groups in total. The lowest BCUT2D eigenvalue weighted by Crippen LogP contribution is -1.98. The van der Waals surface area contributed by atoms with Gasteiger partial charge in [-0.3, -0.25) is 0 Å². The third-order valence-electron chi connectivity index (χ3n) is 3.04. The summed E-state index contributed by atoms with van der Waals surface area (Å²) < 4.78 is 11.3. The van der Waals surface area contributed by atoms with E-state index in [4.69, 9.17) is 21.1 Å². The molecule has 98 valence electrons. The fourth-order valence-electron chi connectivity index (χ4n) is 2.19. The van der Waals surface area contributed by atoms with Crippen LogP contribution < -0.4 is 9.47 Å². The van der Waals surface area contributed by atoms with E-state index in [1.54, 1.807) is 24.3 Å². The molecule has 0 aromatic heterocycles. The number of benzene rings is 2. The van der Waals surface area contributed by atoms with Crippen molar-refractivity contribution in [3.63, 3.8) is 0 Å². The summed E-state index contributed by atoms with van der Waals surface area (Å²) in [5.74, 6) is 1.68. The van der Waals surface area contributed by atoms with Gasteiger partial charge in [0, 0.05) is 23.1 Å². The highest BCUT2D eigenvalue weighted by Crippen LogP contribution is 2.33. The van der Waals surface area contributed by atoms with E-state index in [9.17, 15) is 5.11 Å². The van der Waals surface area contributed by atoms with Crippen LogP contribution in [0.4, 0.5) is 0 Å². The average Bonchev–Trinajstić information content (AvgIpc) is 2.84. The van der Waals surface area contributed by atoms with Crippen molar-refractivity contribution in [1.29, 1.82) is 0 Å². The maximum absolute atomic E-state index is 9.38. The van der Waals surface area contributed by atoms with Crippen molar-refractivity contribution in [1.82, 2.24) is 0 Å². The zero-order chi connectivity index (χ0) is 13.2. The molecule has 0 saturated carbocycles. The minimum Gasteiger partial charge on any atom is -0.508 e. The van der Waals surface area contributed by atoms with E-state index in [1.807, 2.05) is 12.1 Å². The van der Waals surface area contributed by atoms with E-state index < -0.39 is 0 Å². The Morgan fingerprint density at radius 3 is 3.00 bits per heavy atom. The summed E-state index contributed by atoms with van der Waals surface area (Å²) in [6.45, 7) is 1.06. The number of phenolic OH excluding ortho intramolecular Hbond substituents is 1. The van der Waals surface area contributed by atoms with Gasteiger partial charge in [0.15, 0.2) is 0 Å². The van der Waals surface area contributed by atoms with Crippen LogP contribution >= 0.6 is 11.6 Å². The number of halogens is 1. The van der Waals surface area contributed by atoms with Crippen molar-refractivity contribution in [2.75, 3.05) is 6.61 Å². The normalized spacial score (nSPS) is 12.9. The Balaban J connectivity index is 1.81. The van der Waals surface area contributed by atoms with Gasteiger partial charge in [-0.05, 0) is 29.8 Å². The Hall–Kier alpha value is -1.87. The van der Waals surface area contributed by atoms with Gasteiger partial charge < -0.3 is 14.6 Å². The molecule has 19 heavy (non-hydrogen) atoms. The molecule has 0 amide bonds. The molecule has 0 spiro atoms. The van der Waals surface area contributed by atoms with Gasteiger partial charge in [0.25, 0.3) is 0 Å². The van der Waals surface area contributed by atoms with E-state index in [0.29, 0.717) is 24.0 Å². The molecule has 0 unspecified atom stereocenters. The molecule has 0 atom stereocenters. The predicted octanol–water partition coefficient (Wildman–Crippen LogP) is 3.56. The van der Waals surface area contributed by atoms with Crippen molar-refractivity contribution in [2.45, 2.75) is 13.0 Å². The predicted molar refractivity (Wildman–Crippen MR) is 73.1 cm³/mol. The van der Waals surface area contributed by atoms with Crippen molar-refractivity contribution >= 4 is 11.6 Å². The van der Waals surface area contributed by atoms with Crippen LogP contribution in [0.2, 0.25) is 5.02 Å². The van der Waals surface area contributed by atoms with Crippen LogP contribution in [0.3, 0.4) is 0 Å². The van der Waals surface area contributed by atoms with Gasteiger partial charge >= 0.3 is 0 Å². The molecule has 3 nitrogen and oxygen atoms in total. The summed E-state index contributed by atoms with van der Waals surface area (Å²) in [6.07, 6.45) is 0.884. The topological polar surface area (TPSA) is 38.7 Å². The number of hydrogen-bond acceptors (Lipinski definition) is 3. The lowest BCUT2D eigenvalue weighted by Gasteiger charge is -2.11. The second-order valence-corrected chi connectivity index (χ2v) is 4.87. The molecule has 0 bridgehead atoms. The van der Waals surface area contributed by atoms with Crippen molar-refractivity contribution in [3.8, 4) is 17.2 Å². The van der Waals surface area contributed by atoms with Crippen molar-refractivity contribution in [2.24, 2.45) is 0 Å². The fourth-order valence-corrected chi connectivity index (χ4v) is 2.45. The molecule has 0 aliphatic carbocycles. The van der Waals surface area contributed by atoms with Gasteiger partial charge in [0.2, 0.25) is 0 Å². The molecular weight excluding hydrogens is 264 g/mol. The third-order valence-corrected chi connectivity index (χ3v) is 3.26. The first-order valence-electron chi connectivity index (χ1n) is 6.08. The Morgan fingerprint density at radius 2 is 2.16 bits per heavy atom. The largest absolute Gasteiger partial charge is 0.508 e. The SMILES string of the molecule is Oc1cccc(OCc2cc(Cl)cc3c2OCC3)c1. The van der Waals surface area contributed by atoms with E-state index in [1.165, 1.54) is 0 Å².